The molecule has 14 heavy (non-hydrogen) atoms. The second-order valence-corrected chi connectivity index (χ2v) is 3.21. The van der Waals surface area contributed by atoms with Gasteiger partial charge in [-0.15, -0.1) is 0 Å². The SMILES string of the molecule is CC(C)(Oc1ccccc1)C(=O)[O-].[Na+]. The van der Waals surface area contributed by atoms with E-state index in [2.05, 4.69) is 0 Å². The van der Waals surface area contributed by atoms with Gasteiger partial charge in [0.1, 0.15) is 11.4 Å². The third kappa shape index (κ3) is 3.70. The van der Waals surface area contributed by atoms with Crippen LogP contribution in [0.25, 0.3) is 0 Å². The monoisotopic (exact) mass is 202 g/mol. The molecule has 1 aromatic rings. The van der Waals surface area contributed by atoms with Crippen molar-refractivity contribution in [2.45, 2.75) is 19.4 Å². The Labute approximate surface area is 105 Å². The summed E-state index contributed by atoms with van der Waals surface area (Å²) in [6.07, 6.45) is 0. The zero-order valence-electron chi connectivity index (χ0n) is 8.61. The number of ether oxygens (including phenoxy) is 1. The number of aliphatic carboxylic acids is 1. The summed E-state index contributed by atoms with van der Waals surface area (Å²) < 4.78 is 5.20. The number of carboxylic acid groups (broad SMARTS) is 1. The van der Waals surface area contributed by atoms with Gasteiger partial charge in [-0.25, -0.2) is 0 Å². The number of carbonyl (C=O) groups is 1. The molecule has 0 aliphatic carbocycles. The van der Waals surface area contributed by atoms with E-state index in [-0.39, 0.29) is 29.6 Å². The van der Waals surface area contributed by atoms with Crippen LogP contribution in [0.2, 0.25) is 0 Å². The van der Waals surface area contributed by atoms with Gasteiger partial charge in [-0.3, -0.25) is 0 Å². The Bertz CT molecular complexity index is 295. The molecule has 0 aliphatic heterocycles. The average molecular weight is 202 g/mol. The molecule has 0 fully saturated rings. The Balaban J connectivity index is 0.00000169. The molecule has 0 spiro atoms. The van der Waals surface area contributed by atoms with Crippen molar-refractivity contribution < 1.29 is 44.2 Å². The Morgan fingerprint density at radius 3 is 2.21 bits per heavy atom. The van der Waals surface area contributed by atoms with E-state index in [0.717, 1.165) is 0 Å². The van der Waals surface area contributed by atoms with Crippen molar-refractivity contribution >= 4 is 5.97 Å². The molecule has 0 aliphatic rings. The summed E-state index contributed by atoms with van der Waals surface area (Å²) in [4.78, 5) is 10.6. The molecule has 4 heteroatoms. The number of hydrogen-bond acceptors (Lipinski definition) is 3. The summed E-state index contributed by atoms with van der Waals surface area (Å²) in [6, 6.07) is 8.79. The molecule has 0 N–H and O–H groups in total. The summed E-state index contributed by atoms with van der Waals surface area (Å²) in [7, 11) is 0. The van der Waals surface area contributed by atoms with Crippen molar-refractivity contribution in [1.29, 1.82) is 0 Å². The molecule has 70 valence electrons. The summed E-state index contributed by atoms with van der Waals surface area (Å²) in [5.41, 5.74) is -1.29. The fraction of sp³-hybridized carbons (Fsp3) is 0.300. The molecule has 0 bridgehead atoms. The van der Waals surface area contributed by atoms with Gasteiger partial charge < -0.3 is 14.6 Å². The van der Waals surface area contributed by atoms with E-state index in [1.807, 2.05) is 6.07 Å². The fourth-order valence-corrected chi connectivity index (χ4v) is 0.825. The van der Waals surface area contributed by atoms with Crippen LogP contribution in [0, 0.1) is 0 Å². The van der Waals surface area contributed by atoms with E-state index >= 15 is 0 Å². The largest absolute Gasteiger partial charge is 1.00 e. The molecular weight excluding hydrogens is 191 g/mol. The number of benzene rings is 1. The third-order valence-corrected chi connectivity index (χ3v) is 1.61. The van der Waals surface area contributed by atoms with Crippen molar-refractivity contribution in [2.24, 2.45) is 0 Å². The zero-order chi connectivity index (χ0) is 9.90. The van der Waals surface area contributed by atoms with Crippen LogP contribution in [0.1, 0.15) is 13.8 Å². The maximum absolute atomic E-state index is 10.6. The van der Waals surface area contributed by atoms with Crippen LogP contribution in [0.15, 0.2) is 30.3 Å². The van der Waals surface area contributed by atoms with Crippen LogP contribution in [-0.4, -0.2) is 11.6 Å². The van der Waals surface area contributed by atoms with E-state index in [4.69, 9.17) is 4.74 Å². The Morgan fingerprint density at radius 1 is 1.29 bits per heavy atom. The second-order valence-electron chi connectivity index (χ2n) is 3.21. The Kier molecular flexibility index (Phi) is 5.19. The van der Waals surface area contributed by atoms with Crippen molar-refractivity contribution in [3.05, 3.63) is 30.3 Å². The Morgan fingerprint density at radius 2 is 1.79 bits per heavy atom. The van der Waals surface area contributed by atoms with Crippen molar-refractivity contribution in [3.63, 3.8) is 0 Å². The molecule has 0 radical (unpaired) electrons. The topological polar surface area (TPSA) is 49.4 Å². The number of hydrogen-bond donors (Lipinski definition) is 0. The van der Waals surface area contributed by atoms with E-state index in [0.29, 0.717) is 5.75 Å². The van der Waals surface area contributed by atoms with Crippen LogP contribution in [0.4, 0.5) is 0 Å². The zero-order valence-corrected chi connectivity index (χ0v) is 10.6. The number of para-hydroxylation sites is 1. The average Bonchev–Trinajstić information content (AvgIpc) is 2.05. The van der Waals surface area contributed by atoms with Gasteiger partial charge in [0.05, 0.1) is 5.97 Å². The molecule has 0 aromatic heterocycles. The van der Waals surface area contributed by atoms with E-state index in [1.54, 1.807) is 24.3 Å². The summed E-state index contributed by atoms with van der Waals surface area (Å²) in [5, 5.41) is 10.6. The van der Waals surface area contributed by atoms with Gasteiger partial charge in [0.25, 0.3) is 0 Å². The van der Waals surface area contributed by atoms with Crippen molar-refractivity contribution in [3.8, 4) is 5.75 Å². The van der Waals surface area contributed by atoms with Gasteiger partial charge in [0, 0.05) is 0 Å². The maximum Gasteiger partial charge on any atom is 1.00 e. The molecule has 0 heterocycles. The first-order valence-corrected chi connectivity index (χ1v) is 3.98. The first-order valence-electron chi connectivity index (χ1n) is 3.98. The minimum atomic E-state index is -1.29. The molecule has 1 rings (SSSR count). The molecule has 1 aromatic carbocycles. The van der Waals surface area contributed by atoms with E-state index in [1.165, 1.54) is 13.8 Å². The fourth-order valence-electron chi connectivity index (χ4n) is 0.825. The van der Waals surface area contributed by atoms with Crippen LogP contribution in [-0.2, 0) is 4.79 Å². The van der Waals surface area contributed by atoms with Gasteiger partial charge >= 0.3 is 29.6 Å². The summed E-state index contributed by atoms with van der Waals surface area (Å²) in [6.45, 7) is 2.91. The van der Waals surface area contributed by atoms with Gasteiger partial charge in [-0.2, -0.15) is 0 Å². The minimum absolute atomic E-state index is 0. The van der Waals surface area contributed by atoms with E-state index < -0.39 is 11.6 Å². The minimum Gasteiger partial charge on any atom is -0.546 e. The van der Waals surface area contributed by atoms with Crippen LogP contribution >= 0.6 is 0 Å². The first kappa shape index (κ1) is 13.5. The Hall–Kier alpha value is -0.510. The summed E-state index contributed by atoms with van der Waals surface area (Å²) >= 11 is 0. The first-order chi connectivity index (χ1) is 6.02. The van der Waals surface area contributed by atoms with Crippen LogP contribution in [0.3, 0.4) is 0 Å². The van der Waals surface area contributed by atoms with Crippen molar-refractivity contribution in [2.75, 3.05) is 0 Å². The van der Waals surface area contributed by atoms with Crippen LogP contribution in [0.5, 0.6) is 5.75 Å². The molecule has 0 amide bonds. The van der Waals surface area contributed by atoms with Gasteiger partial charge in [-0.05, 0) is 26.0 Å². The molecule has 0 saturated heterocycles. The predicted octanol–water partition coefficient (Wildman–Crippen LogP) is -2.40. The molecule has 0 unspecified atom stereocenters. The second kappa shape index (κ2) is 5.39. The smallest absolute Gasteiger partial charge is 0.546 e. The van der Waals surface area contributed by atoms with Crippen LogP contribution < -0.4 is 39.4 Å². The maximum atomic E-state index is 10.6. The number of carbonyl (C=O) groups excluding carboxylic acids is 1. The van der Waals surface area contributed by atoms with Gasteiger partial charge in [-0.1, -0.05) is 18.2 Å². The standard InChI is InChI=1S/C10H12O3.Na/c1-10(2,9(11)12)13-8-6-4-3-5-7-8;/h3-7H,1-2H3,(H,11,12);/q;+1/p-1. The predicted molar refractivity (Wildman–Crippen MR) is 46.2 cm³/mol. The number of rotatable bonds is 3. The van der Waals surface area contributed by atoms with Gasteiger partial charge in [0.15, 0.2) is 0 Å². The third-order valence-electron chi connectivity index (χ3n) is 1.61. The van der Waals surface area contributed by atoms with Crippen molar-refractivity contribution in [1.82, 2.24) is 0 Å². The molecule has 3 nitrogen and oxygen atoms in total. The van der Waals surface area contributed by atoms with E-state index in [9.17, 15) is 9.90 Å². The summed E-state index contributed by atoms with van der Waals surface area (Å²) in [5.74, 6) is -0.701. The molecule has 0 saturated carbocycles. The van der Waals surface area contributed by atoms with Gasteiger partial charge in [0.2, 0.25) is 0 Å². The molecule has 0 atom stereocenters. The number of carboxylic acids is 1. The quantitative estimate of drug-likeness (QED) is 0.513. The normalized spacial score (nSPS) is 10.1. The molecular formula is C10H11NaO3.